The maximum Gasteiger partial charge on any atom is 0.419 e. The number of aromatic nitrogens is 1. The van der Waals surface area contributed by atoms with Crippen molar-refractivity contribution in [1.29, 1.82) is 0 Å². The first-order valence-corrected chi connectivity index (χ1v) is 19.0. The molecule has 286 valence electrons. The summed E-state index contributed by atoms with van der Waals surface area (Å²) in [5, 5.41) is 29.8. The molecule has 2 atom stereocenters. The molecule has 13 heteroatoms. The molecule has 5 aromatic rings. The van der Waals surface area contributed by atoms with E-state index in [1.807, 2.05) is 60.7 Å². The number of nitrogens with zero attached hydrogens (tertiary/aromatic N) is 2. The minimum atomic E-state index is -0.965. The molecule has 3 fully saturated rings. The largest absolute Gasteiger partial charge is 0.506 e. The van der Waals surface area contributed by atoms with Crippen LogP contribution >= 0.6 is 0 Å². The van der Waals surface area contributed by atoms with Crippen LogP contribution in [0.5, 0.6) is 11.5 Å². The van der Waals surface area contributed by atoms with Gasteiger partial charge in [-0.25, -0.2) is 9.59 Å². The number of carbonyl (C=O) groups is 2. The highest BCUT2D eigenvalue weighted by atomic mass is 16.6. The number of anilines is 2. The van der Waals surface area contributed by atoms with Gasteiger partial charge in [-0.3, -0.25) is 19.6 Å². The zero-order valence-electron chi connectivity index (χ0n) is 30.5. The van der Waals surface area contributed by atoms with E-state index in [2.05, 4.69) is 26.9 Å². The lowest BCUT2D eigenvalue weighted by Crippen LogP contribution is -2.52. The lowest BCUT2D eigenvalue weighted by molar-refractivity contribution is -0.118. The zero-order chi connectivity index (χ0) is 37.9. The van der Waals surface area contributed by atoms with E-state index < -0.39 is 18.0 Å². The van der Waals surface area contributed by atoms with Crippen molar-refractivity contribution in [3.8, 4) is 22.6 Å². The van der Waals surface area contributed by atoms with Crippen LogP contribution in [0.25, 0.3) is 22.2 Å². The van der Waals surface area contributed by atoms with E-state index >= 15 is 0 Å². The lowest BCUT2D eigenvalue weighted by Gasteiger charge is -2.43. The highest BCUT2D eigenvalue weighted by molar-refractivity contribution is 5.97. The Morgan fingerprint density at radius 3 is 2.60 bits per heavy atom. The Kier molecular flexibility index (Phi) is 10.6. The third-order valence-corrected chi connectivity index (χ3v) is 10.9. The van der Waals surface area contributed by atoms with E-state index in [-0.39, 0.29) is 42.3 Å². The number of oxazole rings is 1. The van der Waals surface area contributed by atoms with Crippen molar-refractivity contribution in [1.82, 2.24) is 14.8 Å². The van der Waals surface area contributed by atoms with E-state index in [0.717, 1.165) is 79.7 Å². The fraction of sp³-hybridized carbons (Fsp3) is 0.357. The number of ether oxygens (including phenoxy) is 2. The van der Waals surface area contributed by atoms with Crippen LogP contribution in [-0.2, 0) is 29.0 Å². The predicted molar refractivity (Wildman–Crippen MR) is 207 cm³/mol. The van der Waals surface area contributed by atoms with Gasteiger partial charge in [0.05, 0.1) is 17.3 Å². The Morgan fingerprint density at radius 2 is 1.80 bits per heavy atom. The van der Waals surface area contributed by atoms with Crippen LogP contribution in [0.3, 0.4) is 0 Å². The third kappa shape index (κ3) is 8.09. The Hall–Kier alpha value is -5.63. The number of carbonyl (C=O) groups excluding carboxylic acids is 2. The summed E-state index contributed by atoms with van der Waals surface area (Å²) >= 11 is 0. The molecule has 0 radical (unpaired) electrons. The van der Waals surface area contributed by atoms with Gasteiger partial charge in [-0.1, -0.05) is 48.5 Å². The number of amides is 2. The molecule has 4 aliphatic rings. The van der Waals surface area contributed by atoms with Crippen LogP contribution in [0.4, 0.5) is 16.2 Å². The number of nitrogens with one attached hydrogen (secondary N) is 3. The van der Waals surface area contributed by atoms with Gasteiger partial charge in [-0.2, -0.15) is 0 Å². The minimum Gasteiger partial charge on any atom is -0.506 e. The summed E-state index contributed by atoms with van der Waals surface area (Å²) in [5.41, 5.74) is 6.39. The SMILES string of the molecule is O=C1COc2c([C@@H](O)CNCc3ccc4c(c3)oc(=O)n4CCCCc3ccc(-c4ccccc4)c(NC(=O)O[C@H]4CN5CCC4CC5)c3)ccc(O)c2N1. The van der Waals surface area contributed by atoms with Gasteiger partial charge in [0.15, 0.2) is 17.9 Å². The van der Waals surface area contributed by atoms with Crippen LogP contribution in [0.2, 0.25) is 0 Å². The topological polar surface area (TPSA) is 168 Å². The maximum absolute atomic E-state index is 13.2. The average Bonchev–Trinajstić information content (AvgIpc) is 3.51. The first-order chi connectivity index (χ1) is 26.8. The van der Waals surface area contributed by atoms with Crippen molar-refractivity contribution in [3.05, 3.63) is 106 Å². The van der Waals surface area contributed by atoms with Gasteiger partial charge in [0.1, 0.15) is 17.5 Å². The Labute approximate surface area is 317 Å². The Morgan fingerprint density at radius 1 is 0.982 bits per heavy atom. The number of aliphatic hydroxyl groups excluding tert-OH is 1. The first kappa shape index (κ1) is 36.4. The van der Waals surface area contributed by atoms with Gasteiger partial charge in [-0.15, -0.1) is 0 Å². The van der Waals surface area contributed by atoms with Crippen molar-refractivity contribution in [3.63, 3.8) is 0 Å². The second-order valence-electron chi connectivity index (χ2n) is 14.6. The molecule has 0 unspecified atom stereocenters. The Balaban J connectivity index is 0.864. The summed E-state index contributed by atoms with van der Waals surface area (Å²) in [6.07, 6.45) is 3.00. The minimum absolute atomic E-state index is 0.0806. The molecule has 0 aliphatic carbocycles. The van der Waals surface area contributed by atoms with E-state index in [9.17, 15) is 24.6 Å². The quantitative estimate of drug-likeness (QED) is 0.0735. The molecular formula is C42H45N5O8. The molecule has 2 amide bonds. The molecule has 55 heavy (non-hydrogen) atoms. The van der Waals surface area contributed by atoms with Crippen LogP contribution < -0.4 is 26.4 Å². The number of unbranched alkanes of at least 4 members (excludes halogenated alkanes) is 1. The number of aliphatic hydroxyl groups is 1. The van der Waals surface area contributed by atoms with Crippen molar-refractivity contribution in [2.24, 2.45) is 5.92 Å². The third-order valence-electron chi connectivity index (χ3n) is 10.9. The van der Waals surface area contributed by atoms with Crippen molar-refractivity contribution in [2.45, 2.75) is 57.4 Å². The second-order valence-corrected chi connectivity index (χ2v) is 14.6. The number of phenolic OH excluding ortho intramolecular Hbond substituents is 1. The molecule has 3 saturated heterocycles. The molecule has 4 aromatic carbocycles. The number of fused-ring (bicyclic) bond motifs is 5. The van der Waals surface area contributed by atoms with E-state index in [1.165, 1.54) is 6.07 Å². The summed E-state index contributed by atoms with van der Waals surface area (Å²) in [4.78, 5) is 40.1. The highest BCUT2D eigenvalue weighted by Crippen LogP contribution is 2.41. The number of hydrogen-bond acceptors (Lipinski definition) is 10. The number of aromatic hydroxyl groups is 1. The molecule has 0 saturated carbocycles. The first-order valence-electron chi connectivity index (χ1n) is 19.0. The molecule has 5 N–H and O–H groups in total. The average molecular weight is 748 g/mol. The van der Waals surface area contributed by atoms with E-state index in [1.54, 1.807) is 10.6 Å². The van der Waals surface area contributed by atoms with Gasteiger partial charge in [0.25, 0.3) is 5.91 Å². The number of phenols is 1. The lowest BCUT2D eigenvalue weighted by atomic mass is 9.86. The van der Waals surface area contributed by atoms with E-state index in [0.29, 0.717) is 35.7 Å². The number of hydrogen-bond donors (Lipinski definition) is 5. The van der Waals surface area contributed by atoms with Crippen molar-refractivity contribution in [2.75, 3.05) is 43.4 Å². The fourth-order valence-corrected chi connectivity index (χ4v) is 7.98. The van der Waals surface area contributed by atoms with Crippen molar-refractivity contribution >= 4 is 34.5 Å². The number of benzene rings is 4. The molecule has 9 rings (SSSR count). The fourth-order valence-electron chi connectivity index (χ4n) is 7.98. The molecule has 13 nitrogen and oxygen atoms in total. The van der Waals surface area contributed by atoms with Gasteiger partial charge < -0.3 is 34.7 Å². The molecular weight excluding hydrogens is 702 g/mol. The van der Waals surface area contributed by atoms with Gasteiger partial charge in [0.2, 0.25) is 0 Å². The summed E-state index contributed by atoms with van der Waals surface area (Å²) in [6.45, 7) is 3.83. The van der Waals surface area contributed by atoms with E-state index in [4.69, 9.17) is 13.9 Å². The molecule has 5 heterocycles. The number of piperidine rings is 3. The number of aryl methyl sites for hydroxylation is 2. The monoisotopic (exact) mass is 747 g/mol. The van der Waals surface area contributed by atoms with Crippen molar-refractivity contribution < 1.29 is 33.7 Å². The van der Waals surface area contributed by atoms with Gasteiger partial charge >= 0.3 is 11.8 Å². The smallest absolute Gasteiger partial charge is 0.419 e. The zero-order valence-corrected chi connectivity index (χ0v) is 30.5. The molecule has 4 aliphatic heterocycles. The molecule has 0 spiro atoms. The highest BCUT2D eigenvalue weighted by Gasteiger charge is 2.36. The second kappa shape index (κ2) is 16.0. The van der Waals surface area contributed by atoms with Crippen LogP contribution in [0.1, 0.15) is 48.5 Å². The summed E-state index contributed by atoms with van der Waals surface area (Å²) in [5.74, 6) is -0.258. The summed E-state index contributed by atoms with van der Waals surface area (Å²) < 4.78 is 18.7. The van der Waals surface area contributed by atoms with Crippen LogP contribution in [0.15, 0.2) is 88.1 Å². The van der Waals surface area contributed by atoms with Gasteiger partial charge in [-0.05, 0) is 98.1 Å². The van der Waals surface area contributed by atoms with Gasteiger partial charge in [0, 0.05) is 37.3 Å². The molecule has 1 aromatic heterocycles. The summed E-state index contributed by atoms with van der Waals surface area (Å²) in [6, 6.07) is 24.7. The maximum atomic E-state index is 13.2. The predicted octanol–water partition coefficient (Wildman–Crippen LogP) is 5.79. The van der Waals surface area contributed by atoms with Crippen LogP contribution in [0, 0.1) is 5.92 Å². The van der Waals surface area contributed by atoms with Crippen LogP contribution in [-0.4, -0.2) is 70.6 Å². The normalized spacial score (nSPS) is 19.4. The summed E-state index contributed by atoms with van der Waals surface area (Å²) in [7, 11) is 0. The number of rotatable bonds is 13. The molecule has 2 bridgehead atoms. The Bertz CT molecular complexity index is 2240. The standard InChI is InChI=1S/C42H45N5O8/c48-34-14-12-31(40-39(34)45-38(50)25-53-40)35(49)23-43-22-27-10-13-33-36(21-27)55-42(52)47(33)17-5-4-6-26-9-11-30(28-7-2-1-3-8-28)32(20-26)44-41(51)54-37-24-46-18-15-29(37)16-19-46/h1-3,7-14,20-21,29,35,37,43,48-49H,4-6,15-19,22-25H2,(H,44,51)(H,45,50)/t35-,37-/m0/s1.